The summed E-state index contributed by atoms with van der Waals surface area (Å²) in [6, 6.07) is 0. The van der Waals surface area contributed by atoms with Gasteiger partial charge in [0.05, 0.1) is 33.9 Å². The Morgan fingerprint density at radius 1 is 0.500 bits per heavy atom. The van der Waals surface area contributed by atoms with Crippen molar-refractivity contribution in [2.75, 3.05) is 60.1 Å². The van der Waals surface area contributed by atoms with Gasteiger partial charge in [0, 0.05) is 25.9 Å². The minimum absolute atomic E-state index is 0.0114. The number of hydrogen-bond donors (Lipinski definition) is 1. The molecule has 0 bridgehead atoms. The van der Waals surface area contributed by atoms with Gasteiger partial charge in [0.2, 0.25) is 0 Å². The van der Waals surface area contributed by atoms with E-state index in [1.54, 1.807) is 4.90 Å². The van der Waals surface area contributed by atoms with Gasteiger partial charge in [-0.15, -0.1) is 0 Å². The predicted molar refractivity (Wildman–Crippen MR) is 236 cm³/mol. The maximum Gasteiger partial charge on any atom is 0.305 e. The molecule has 1 amide bonds. The van der Waals surface area contributed by atoms with Gasteiger partial charge in [0.15, 0.2) is 6.54 Å². The summed E-state index contributed by atoms with van der Waals surface area (Å²) in [6.07, 6.45) is 43.2. The summed E-state index contributed by atoms with van der Waals surface area (Å²) in [5.74, 6) is -0.346. The van der Waals surface area contributed by atoms with Crippen molar-refractivity contribution in [2.24, 2.45) is 0 Å². The fourth-order valence-corrected chi connectivity index (χ4v) is 6.88. The van der Waals surface area contributed by atoms with Gasteiger partial charge in [0.25, 0.3) is 5.91 Å². The van der Waals surface area contributed by atoms with E-state index in [4.69, 9.17) is 9.47 Å². The second-order valence-corrected chi connectivity index (χ2v) is 16.7. The zero-order valence-corrected chi connectivity index (χ0v) is 37.4. The number of aliphatic hydroxyl groups is 1. The smallest absolute Gasteiger partial charge is 0.305 e. The van der Waals surface area contributed by atoms with Crippen LogP contribution in [-0.4, -0.2) is 92.4 Å². The molecule has 0 heterocycles. The highest BCUT2D eigenvalue weighted by molar-refractivity contribution is 5.77. The number of carbonyl (C=O) groups is 3. The molecule has 0 unspecified atom stereocenters. The Kier molecular flexibility index (Phi) is 39.4. The average molecular weight is 792 g/mol. The number of unbranched alkanes of at least 4 members (excludes halogenated alkanes) is 22. The lowest BCUT2D eigenvalue weighted by Gasteiger charge is -2.31. The zero-order valence-electron chi connectivity index (χ0n) is 37.4. The Bertz CT molecular complexity index is 905. The molecule has 0 aliphatic rings. The van der Waals surface area contributed by atoms with E-state index in [-0.39, 0.29) is 44.2 Å². The van der Waals surface area contributed by atoms with Crippen LogP contribution >= 0.6 is 0 Å². The number of aliphatic hydroxyl groups excluding tert-OH is 1. The molecule has 1 N–H and O–H groups in total. The Labute approximate surface area is 346 Å². The highest BCUT2D eigenvalue weighted by Gasteiger charge is 2.24. The van der Waals surface area contributed by atoms with Crippen molar-refractivity contribution in [1.82, 2.24) is 4.90 Å². The van der Waals surface area contributed by atoms with Crippen LogP contribution in [0.25, 0.3) is 0 Å². The number of esters is 2. The zero-order chi connectivity index (χ0) is 41.2. The molecule has 0 saturated carbocycles. The van der Waals surface area contributed by atoms with Crippen LogP contribution < -0.4 is 0 Å². The molecule has 0 aromatic rings. The van der Waals surface area contributed by atoms with Crippen molar-refractivity contribution >= 4 is 17.8 Å². The van der Waals surface area contributed by atoms with Crippen molar-refractivity contribution in [3.05, 3.63) is 24.3 Å². The van der Waals surface area contributed by atoms with E-state index in [9.17, 15) is 19.5 Å². The standard InChI is InChI=1S/C48H91N2O6/c1-5-7-9-11-13-15-17-19-21-23-25-27-29-31-33-37-47(53)55-43-35-39-49(46(52)45-50(3,4)41-42-51)40-36-44-56-48(54)38-34-32-30-28-26-24-22-20-18-16-14-12-10-8-6-2/h19-22,51H,5-18,23-45H2,1-4H3/q+1/b21-19-,22-20-. The molecule has 8 heteroatoms. The Morgan fingerprint density at radius 2 is 0.839 bits per heavy atom. The van der Waals surface area contributed by atoms with E-state index in [1.807, 2.05) is 14.1 Å². The number of amides is 1. The molecule has 0 aliphatic carbocycles. The fraction of sp³-hybridized carbons (Fsp3) is 0.854. The first-order chi connectivity index (χ1) is 27.3. The Hall–Kier alpha value is -2.19. The summed E-state index contributed by atoms with van der Waals surface area (Å²) < 4.78 is 11.4. The Morgan fingerprint density at radius 3 is 1.20 bits per heavy atom. The van der Waals surface area contributed by atoms with E-state index in [2.05, 4.69) is 38.2 Å². The molecule has 8 nitrogen and oxygen atoms in total. The van der Waals surface area contributed by atoms with E-state index < -0.39 is 0 Å². The van der Waals surface area contributed by atoms with Crippen molar-refractivity contribution < 1.29 is 33.4 Å². The lowest BCUT2D eigenvalue weighted by molar-refractivity contribution is -0.883. The van der Waals surface area contributed by atoms with Crippen molar-refractivity contribution in [2.45, 2.75) is 206 Å². The van der Waals surface area contributed by atoms with E-state index in [0.717, 1.165) is 51.4 Å². The molecule has 0 spiro atoms. The molecule has 56 heavy (non-hydrogen) atoms. The van der Waals surface area contributed by atoms with Crippen LogP contribution in [0.1, 0.15) is 206 Å². The Balaban J connectivity index is 4.13. The number of nitrogens with zero attached hydrogens (tertiary/aromatic N) is 2. The third kappa shape index (κ3) is 38.7. The van der Waals surface area contributed by atoms with Gasteiger partial charge in [0.1, 0.15) is 6.54 Å². The lowest BCUT2D eigenvalue weighted by Crippen LogP contribution is -2.50. The maximum absolute atomic E-state index is 13.2. The first kappa shape index (κ1) is 53.8. The highest BCUT2D eigenvalue weighted by Crippen LogP contribution is 2.13. The number of likely N-dealkylation sites (N-methyl/N-ethyl adjacent to an activating group) is 1. The summed E-state index contributed by atoms with van der Waals surface area (Å²) in [5, 5.41) is 9.43. The number of rotatable bonds is 42. The molecule has 0 aromatic heterocycles. The van der Waals surface area contributed by atoms with E-state index in [0.29, 0.717) is 49.8 Å². The molecular formula is C48H91N2O6+. The van der Waals surface area contributed by atoms with Crippen LogP contribution in [0.2, 0.25) is 0 Å². The van der Waals surface area contributed by atoms with Crippen molar-refractivity contribution in [3.8, 4) is 0 Å². The molecule has 0 rings (SSSR count). The van der Waals surface area contributed by atoms with Crippen LogP contribution in [0.15, 0.2) is 24.3 Å². The molecular weight excluding hydrogens is 701 g/mol. The average Bonchev–Trinajstić information content (AvgIpc) is 3.16. The minimum Gasteiger partial charge on any atom is -0.466 e. The third-order valence-electron chi connectivity index (χ3n) is 10.6. The van der Waals surface area contributed by atoms with Crippen LogP contribution in [0.3, 0.4) is 0 Å². The summed E-state index contributed by atoms with van der Waals surface area (Å²) in [5.41, 5.74) is 0. The third-order valence-corrected chi connectivity index (χ3v) is 10.6. The van der Waals surface area contributed by atoms with Gasteiger partial charge in [-0.1, -0.05) is 141 Å². The molecule has 0 fully saturated rings. The summed E-state index contributed by atoms with van der Waals surface area (Å²) in [4.78, 5) is 39.7. The first-order valence-electron chi connectivity index (χ1n) is 23.6. The number of ether oxygens (including phenoxy) is 2. The largest absolute Gasteiger partial charge is 0.466 e. The quantitative estimate of drug-likeness (QED) is 0.0286. The molecule has 0 aromatic carbocycles. The number of quaternary nitrogens is 1. The van der Waals surface area contributed by atoms with Crippen LogP contribution in [0, 0.1) is 0 Å². The fourth-order valence-electron chi connectivity index (χ4n) is 6.88. The number of carbonyl (C=O) groups excluding carboxylic acids is 3. The minimum atomic E-state index is -0.167. The van der Waals surface area contributed by atoms with Crippen molar-refractivity contribution in [1.29, 1.82) is 0 Å². The molecule has 328 valence electrons. The monoisotopic (exact) mass is 792 g/mol. The topological polar surface area (TPSA) is 93.1 Å². The summed E-state index contributed by atoms with van der Waals surface area (Å²) >= 11 is 0. The second-order valence-electron chi connectivity index (χ2n) is 16.7. The normalized spacial score (nSPS) is 11.9. The number of allylic oxidation sites excluding steroid dienone is 4. The van der Waals surface area contributed by atoms with Crippen LogP contribution in [0.5, 0.6) is 0 Å². The van der Waals surface area contributed by atoms with Gasteiger partial charge >= 0.3 is 11.9 Å². The van der Waals surface area contributed by atoms with Gasteiger partial charge in [-0.05, 0) is 77.0 Å². The molecule has 0 atom stereocenters. The SMILES string of the molecule is CCCCCCCC/C=C\CCCCCCCC(=O)OCCCN(CCCOC(=O)CCCCCCC/C=C\CCCCCCCC)C(=O)C[N+](C)(C)CCO. The number of hydrogen-bond acceptors (Lipinski definition) is 6. The van der Waals surface area contributed by atoms with Crippen LogP contribution in [-0.2, 0) is 23.9 Å². The summed E-state index contributed by atoms with van der Waals surface area (Å²) in [7, 11) is 3.86. The maximum atomic E-state index is 13.2. The van der Waals surface area contributed by atoms with Gasteiger partial charge < -0.3 is 24.0 Å². The van der Waals surface area contributed by atoms with Gasteiger partial charge in [-0.3, -0.25) is 14.4 Å². The highest BCUT2D eigenvalue weighted by atomic mass is 16.5. The molecule has 0 aliphatic heterocycles. The lowest BCUT2D eigenvalue weighted by atomic mass is 10.1. The van der Waals surface area contributed by atoms with Gasteiger partial charge in [-0.25, -0.2) is 0 Å². The second kappa shape index (κ2) is 41.0. The van der Waals surface area contributed by atoms with Crippen LogP contribution in [0.4, 0.5) is 0 Å². The van der Waals surface area contributed by atoms with Crippen molar-refractivity contribution in [3.63, 3.8) is 0 Å². The van der Waals surface area contributed by atoms with E-state index >= 15 is 0 Å². The predicted octanol–water partition coefficient (Wildman–Crippen LogP) is 11.8. The first-order valence-corrected chi connectivity index (χ1v) is 23.6. The van der Waals surface area contributed by atoms with E-state index in [1.165, 1.54) is 116 Å². The van der Waals surface area contributed by atoms with Gasteiger partial charge in [-0.2, -0.15) is 0 Å². The molecule has 0 saturated heterocycles. The summed E-state index contributed by atoms with van der Waals surface area (Å²) in [6.45, 7) is 6.81. The molecule has 0 radical (unpaired) electrons.